The molecule has 3 N–H and O–H groups in total. The third kappa shape index (κ3) is 2.52. The van der Waals surface area contributed by atoms with Crippen LogP contribution in [0.25, 0.3) is 0 Å². The van der Waals surface area contributed by atoms with Crippen LogP contribution < -0.4 is 10.5 Å². The molecule has 1 aliphatic rings. The minimum Gasteiger partial charge on any atom is -0.507 e. The summed E-state index contributed by atoms with van der Waals surface area (Å²) in [5.41, 5.74) is 4.52. The second kappa shape index (κ2) is 5.91. The maximum absolute atomic E-state index is 13.6. The lowest BCUT2D eigenvalue weighted by atomic mass is 9.82. The highest BCUT2D eigenvalue weighted by atomic mass is 19.2. The van der Waals surface area contributed by atoms with Crippen molar-refractivity contribution in [2.24, 2.45) is 0 Å². The number of nitrogen functional groups attached to an aromatic ring is 1. The lowest BCUT2D eigenvalue weighted by Crippen LogP contribution is -2.23. The van der Waals surface area contributed by atoms with E-state index in [0.29, 0.717) is 17.9 Å². The Morgan fingerprint density at radius 1 is 0.852 bits per heavy atom. The summed E-state index contributed by atoms with van der Waals surface area (Å²) in [5, 5.41) is 10.3. The van der Waals surface area contributed by atoms with Crippen molar-refractivity contribution in [1.29, 1.82) is 0 Å². The van der Waals surface area contributed by atoms with Crippen molar-refractivity contribution in [3.05, 3.63) is 82.4 Å². The fourth-order valence-corrected chi connectivity index (χ4v) is 3.02. The van der Waals surface area contributed by atoms with Crippen LogP contribution >= 0.6 is 0 Å². The number of carbonyl (C=O) groups excluding carboxylic acids is 2. The zero-order valence-electron chi connectivity index (χ0n) is 13.6. The number of halogens is 2. The van der Waals surface area contributed by atoms with Crippen molar-refractivity contribution in [2.45, 2.75) is 0 Å². The summed E-state index contributed by atoms with van der Waals surface area (Å²) in [6.07, 6.45) is 0. The Morgan fingerprint density at radius 2 is 1.41 bits per heavy atom. The van der Waals surface area contributed by atoms with Gasteiger partial charge in [0.25, 0.3) is 0 Å². The molecule has 3 aromatic carbocycles. The first kappa shape index (κ1) is 16.7. The Labute approximate surface area is 151 Å². The summed E-state index contributed by atoms with van der Waals surface area (Å²) in [6, 6.07) is 10.9. The van der Waals surface area contributed by atoms with Crippen molar-refractivity contribution in [2.75, 3.05) is 5.73 Å². The van der Waals surface area contributed by atoms with E-state index in [9.17, 15) is 23.5 Å². The van der Waals surface area contributed by atoms with Gasteiger partial charge >= 0.3 is 0 Å². The normalized spacial score (nSPS) is 12.5. The molecule has 0 spiro atoms. The molecule has 0 aliphatic heterocycles. The van der Waals surface area contributed by atoms with E-state index in [1.807, 2.05) is 0 Å². The van der Waals surface area contributed by atoms with Crippen LogP contribution in [0.3, 0.4) is 0 Å². The summed E-state index contributed by atoms with van der Waals surface area (Å²) in [4.78, 5) is 25.5. The molecule has 0 bridgehead atoms. The number of para-hydroxylation sites is 1. The van der Waals surface area contributed by atoms with Crippen LogP contribution in [0.2, 0.25) is 0 Å². The monoisotopic (exact) mass is 367 g/mol. The van der Waals surface area contributed by atoms with Crippen molar-refractivity contribution in [3.63, 3.8) is 0 Å². The van der Waals surface area contributed by atoms with E-state index in [1.54, 1.807) is 30.3 Å². The molecule has 5 nitrogen and oxygen atoms in total. The van der Waals surface area contributed by atoms with Crippen LogP contribution in [0.4, 0.5) is 14.5 Å². The first-order valence-corrected chi connectivity index (χ1v) is 7.85. The molecular weight excluding hydrogens is 356 g/mol. The number of carbonyl (C=O) groups is 2. The molecule has 0 unspecified atom stereocenters. The lowest BCUT2D eigenvalue weighted by molar-refractivity contribution is 0.0976. The number of hydrogen-bond donors (Lipinski definition) is 2. The lowest BCUT2D eigenvalue weighted by Gasteiger charge is -2.22. The van der Waals surface area contributed by atoms with Crippen LogP contribution in [0.15, 0.2) is 48.5 Å². The quantitative estimate of drug-likeness (QED) is 0.415. The number of nitrogens with two attached hydrogens (primary N) is 1. The highest BCUT2D eigenvalue weighted by Gasteiger charge is 2.36. The van der Waals surface area contributed by atoms with Gasteiger partial charge in [-0.1, -0.05) is 18.2 Å². The van der Waals surface area contributed by atoms with Gasteiger partial charge in [-0.25, -0.2) is 8.78 Å². The summed E-state index contributed by atoms with van der Waals surface area (Å²) >= 11 is 0. The van der Waals surface area contributed by atoms with Crippen molar-refractivity contribution >= 4 is 17.3 Å². The van der Waals surface area contributed by atoms with Gasteiger partial charge in [0.15, 0.2) is 29.0 Å². The predicted octanol–water partition coefficient (Wildman–Crippen LogP) is 3.82. The van der Waals surface area contributed by atoms with Crippen LogP contribution in [0.1, 0.15) is 31.8 Å². The number of fused-ring (bicyclic) bond motifs is 2. The van der Waals surface area contributed by atoms with Crippen LogP contribution in [-0.2, 0) is 0 Å². The molecule has 7 heteroatoms. The Hall–Kier alpha value is -3.74. The van der Waals surface area contributed by atoms with Gasteiger partial charge in [-0.15, -0.1) is 0 Å². The van der Waals surface area contributed by atoms with E-state index < -0.39 is 29.0 Å². The Bertz CT molecular complexity index is 1130. The molecule has 0 fully saturated rings. The van der Waals surface area contributed by atoms with Gasteiger partial charge in [0.05, 0.1) is 16.8 Å². The first-order valence-electron chi connectivity index (χ1n) is 7.85. The molecule has 1 aliphatic carbocycles. The van der Waals surface area contributed by atoms with E-state index in [1.165, 1.54) is 0 Å². The Kier molecular flexibility index (Phi) is 3.66. The van der Waals surface area contributed by atoms with E-state index in [2.05, 4.69) is 0 Å². The average Bonchev–Trinajstić information content (AvgIpc) is 2.65. The molecule has 134 valence electrons. The maximum Gasteiger partial charge on any atom is 0.198 e. The third-order valence-electron chi connectivity index (χ3n) is 4.28. The zero-order valence-corrected chi connectivity index (χ0v) is 13.6. The minimum absolute atomic E-state index is 0.0374. The van der Waals surface area contributed by atoms with Gasteiger partial charge in [-0.05, 0) is 24.3 Å². The smallest absolute Gasteiger partial charge is 0.198 e. The molecule has 0 atom stereocenters. The number of hydrogen-bond acceptors (Lipinski definition) is 5. The van der Waals surface area contributed by atoms with Crippen molar-refractivity contribution < 1.29 is 28.2 Å². The van der Waals surface area contributed by atoms with Gasteiger partial charge in [-0.2, -0.15) is 0 Å². The summed E-state index contributed by atoms with van der Waals surface area (Å²) in [5.74, 6) is -4.35. The zero-order chi connectivity index (χ0) is 19.3. The Balaban J connectivity index is 1.91. The topological polar surface area (TPSA) is 89.6 Å². The van der Waals surface area contributed by atoms with E-state index >= 15 is 0 Å². The van der Waals surface area contributed by atoms with E-state index in [4.69, 9.17) is 10.5 Å². The average molecular weight is 367 g/mol. The second-order valence-electron chi connectivity index (χ2n) is 5.94. The summed E-state index contributed by atoms with van der Waals surface area (Å²) in [6.45, 7) is 0. The maximum atomic E-state index is 13.6. The number of anilines is 1. The summed E-state index contributed by atoms with van der Waals surface area (Å²) < 4.78 is 32.7. The van der Waals surface area contributed by atoms with Crippen LogP contribution in [0, 0.1) is 11.6 Å². The molecule has 0 aromatic heterocycles. The fourth-order valence-electron chi connectivity index (χ4n) is 3.02. The largest absolute Gasteiger partial charge is 0.507 e. The second-order valence-corrected chi connectivity index (χ2v) is 5.94. The molecule has 4 rings (SSSR count). The number of ketones is 2. The van der Waals surface area contributed by atoms with Crippen LogP contribution in [0.5, 0.6) is 17.2 Å². The highest BCUT2D eigenvalue weighted by Crippen LogP contribution is 2.42. The van der Waals surface area contributed by atoms with Crippen molar-refractivity contribution in [3.8, 4) is 17.2 Å². The van der Waals surface area contributed by atoms with Gasteiger partial charge < -0.3 is 15.6 Å². The molecule has 0 saturated heterocycles. The van der Waals surface area contributed by atoms with Crippen LogP contribution in [-0.4, -0.2) is 16.7 Å². The van der Waals surface area contributed by atoms with E-state index in [0.717, 1.165) is 6.07 Å². The fraction of sp³-hybridized carbons (Fsp3) is 0. The highest BCUT2D eigenvalue weighted by molar-refractivity contribution is 6.31. The minimum atomic E-state index is -1.27. The molecule has 27 heavy (non-hydrogen) atoms. The third-order valence-corrected chi connectivity index (χ3v) is 4.28. The Morgan fingerprint density at radius 3 is 2.00 bits per heavy atom. The standard InChI is InChI=1S/C20H11F2NO4/c21-12-6-10-11(7-13(12)22)20(26)17-16(19(10)25)14(24)8-15(18(17)23)27-9-4-2-1-3-5-9/h1-8,24H,23H2. The van der Waals surface area contributed by atoms with Gasteiger partial charge in [0, 0.05) is 17.2 Å². The predicted molar refractivity (Wildman–Crippen MR) is 92.3 cm³/mol. The number of benzene rings is 3. The molecule has 0 amide bonds. The first-order chi connectivity index (χ1) is 12.9. The van der Waals surface area contributed by atoms with Gasteiger partial charge in [0.2, 0.25) is 0 Å². The number of ether oxygens (including phenoxy) is 1. The number of phenolic OH excluding ortho intramolecular Hbond substituents is 1. The molecular formula is C20H11F2NO4. The number of phenols is 1. The van der Waals surface area contributed by atoms with E-state index in [-0.39, 0.29) is 33.7 Å². The van der Waals surface area contributed by atoms with Crippen molar-refractivity contribution in [1.82, 2.24) is 0 Å². The molecule has 3 aromatic rings. The SMILES string of the molecule is Nc1c(Oc2ccccc2)cc(O)c2c1C(=O)c1cc(F)c(F)cc1C2=O. The van der Waals surface area contributed by atoms with Gasteiger partial charge in [-0.3, -0.25) is 9.59 Å². The van der Waals surface area contributed by atoms with Gasteiger partial charge in [0.1, 0.15) is 11.5 Å². The summed E-state index contributed by atoms with van der Waals surface area (Å²) in [7, 11) is 0. The molecule has 0 saturated carbocycles. The number of aromatic hydroxyl groups is 1. The molecule has 0 heterocycles. The molecule has 0 radical (unpaired) electrons. The number of rotatable bonds is 2.